The molecule has 0 unspecified atom stereocenters. The summed E-state index contributed by atoms with van der Waals surface area (Å²) in [5.74, 6) is -1.62. The largest absolute Gasteiger partial charge is 0.374 e. The van der Waals surface area contributed by atoms with Crippen LogP contribution in [0.1, 0.15) is 27.7 Å². The molecule has 70 valence electrons. The van der Waals surface area contributed by atoms with Crippen LogP contribution in [0.15, 0.2) is 16.6 Å². The van der Waals surface area contributed by atoms with Crippen LogP contribution in [0.2, 0.25) is 0 Å². The molecule has 0 aliphatic rings. The molecule has 12 heavy (non-hydrogen) atoms. The molecule has 4 heteroatoms. The predicted octanol–water partition coefficient (Wildman–Crippen LogP) is 2.52. The molecule has 0 aliphatic carbocycles. The zero-order valence-corrected chi connectivity index (χ0v) is 7.78. The van der Waals surface area contributed by atoms with Crippen molar-refractivity contribution >= 4 is 5.97 Å². The molecule has 0 radical (unpaired) electrons. The van der Waals surface area contributed by atoms with Gasteiger partial charge in [0.15, 0.2) is 5.97 Å². The Kier molecular flexibility index (Phi) is 3.36. The van der Waals surface area contributed by atoms with Gasteiger partial charge in [-0.3, -0.25) is 0 Å². The van der Waals surface area contributed by atoms with Crippen molar-refractivity contribution in [3.63, 3.8) is 0 Å². The van der Waals surface area contributed by atoms with E-state index in [1.54, 1.807) is 20.8 Å². The third-order valence-electron chi connectivity index (χ3n) is 1.20. The fourth-order valence-corrected chi connectivity index (χ4v) is 0.733. The van der Waals surface area contributed by atoms with Crippen LogP contribution in [0.25, 0.3) is 0 Å². The minimum absolute atomic E-state index is 0.0532. The number of aliphatic imine (C=N–C) groups is 1. The van der Waals surface area contributed by atoms with Crippen molar-refractivity contribution in [1.29, 1.82) is 0 Å². The maximum absolute atomic E-state index is 12.6. The van der Waals surface area contributed by atoms with Crippen molar-refractivity contribution in [2.24, 2.45) is 16.1 Å². The van der Waals surface area contributed by atoms with E-state index in [-0.39, 0.29) is 5.70 Å². The third kappa shape index (κ3) is 3.46. The van der Waals surface area contributed by atoms with E-state index in [1.807, 2.05) is 0 Å². The molecule has 0 aromatic heterocycles. The second-order valence-corrected chi connectivity index (χ2v) is 3.56. The van der Waals surface area contributed by atoms with Crippen LogP contribution in [0, 0.1) is 5.41 Å². The highest BCUT2D eigenvalue weighted by Crippen LogP contribution is 2.28. The van der Waals surface area contributed by atoms with E-state index in [2.05, 4.69) is 4.99 Å². The molecule has 0 aliphatic heterocycles. The summed E-state index contributed by atoms with van der Waals surface area (Å²) in [4.78, 5) is 3.38. The number of rotatable bonds is 1. The summed E-state index contributed by atoms with van der Waals surface area (Å²) in [5, 5.41) is 0. The smallest absolute Gasteiger partial charge is 0.206 e. The molecule has 2 nitrogen and oxygen atoms in total. The van der Waals surface area contributed by atoms with E-state index in [0.717, 1.165) is 6.92 Å². The van der Waals surface area contributed by atoms with Gasteiger partial charge in [-0.1, -0.05) is 20.8 Å². The quantitative estimate of drug-likeness (QED) is 0.484. The molecule has 0 amide bonds. The monoisotopic (exact) mass is 176 g/mol. The SMILES string of the molecule is CC(F)=N/C(=C(\N)F)C(C)(C)C. The first kappa shape index (κ1) is 11.1. The Balaban J connectivity index is 4.99. The standard InChI is InChI=1S/C8H14F2N2/c1-5(9)12-6(7(10)11)8(2,3)4/h11H2,1-4H3/b7-6-,12-5?. The topological polar surface area (TPSA) is 38.4 Å². The number of nitrogens with two attached hydrogens (primary N) is 1. The van der Waals surface area contributed by atoms with Crippen molar-refractivity contribution in [1.82, 2.24) is 0 Å². The van der Waals surface area contributed by atoms with Gasteiger partial charge in [-0.15, -0.1) is 0 Å². The van der Waals surface area contributed by atoms with Gasteiger partial charge >= 0.3 is 0 Å². The van der Waals surface area contributed by atoms with Crippen LogP contribution in [0.4, 0.5) is 8.78 Å². The molecule has 0 rings (SSSR count). The van der Waals surface area contributed by atoms with Gasteiger partial charge in [0.05, 0.1) is 0 Å². The van der Waals surface area contributed by atoms with E-state index in [1.165, 1.54) is 0 Å². The highest BCUT2D eigenvalue weighted by atomic mass is 19.1. The van der Waals surface area contributed by atoms with Crippen molar-refractivity contribution in [2.75, 3.05) is 0 Å². The predicted molar refractivity (Wildman–Crippen MR) is 46.0 cm³/mol. The van der Waals surface area contributed by atoms with Gasteiger partial charge in [-0.25, -0.2) is 4.99 Å². The van der Waals surface area contributed by atoms with Crippen LogP contribution in [-0.2, 0) is 0 Å². The maximum Gasteiger partial charge on any atom is 0.206 e. The van der Waals surface area contributed by atoms with Crippen LogP contribution in [0.3, 0.4) is 0 Å². The molecule has 0 atom stereocenters. The lowest BCUT2D eigenvalue weighted by Crippen LogP contribution is -2.13. The number of allylic oxidation sites excluding steroid dienone is 1. The molecule has 0 aromatic carbocycles. The van der Waals surface area contributed by atoms with E-state index >= 15 is 0 Å². The average molecular weight is 176 g/mol. The van der Waals surface area contributed by atoms with Gasteiger partial charge in [0.1, 0.15) is 5.70 Å². The summed E-state index contributed by atoms with van der Waals surface area (Å²) in [7, 11) is 0. The summed E-state index contributed by atoms with van der Waals surface area (Å²) in [6, 6.07) is 0. The average Bonchev–Trinajstić information content (AvgIpc) is 1.79. The van der Waals surface area contributed by atoms with Crippen LogP contribution >= 0.6 is 0 Å². The first-order valence-electron chi connectivity index (χ1n) is 3.61. The van der Waals surface area contributed by atoms with Gasteiger partial charge in [0.2, 0.25) is 5.95 Å². The lowest BCUT2D eigenvalue weighted by Gasteiger charge is -2.18. The van der Waals surface area contributed by atoms with Crippen LogP contribution in [-0.4, -0.2) is 5.97 Å². The number of halogens is 2. The molecule has 0 fully saturated rings. The molecule has 0 aromatic rings. The Hall–Kier alpha value is -0.930. The first-order valence-corrected chi connectivity index (χ1v) is 3.61. The molecule has 0 bridgehead atoms. The lowest BCUT2D eigenvalue weighted by atomic mass is 9.92. The Morgan fingerprint density at radius 1 is 1.25 bits per heavy atom. The highest BCUT2D eigenvalue weighted by molar-refractivity contribution is 5.73. The zero-order valence-electron chi connectivity index (χ0n) is 7.78. The summed E-state index contributed by atoms with van der Waals surface area (Å²) in [6.07, 6.45) is 0. The fourth-order valence-electron chi connectivity index (χ4n) is 0.733. The molecule has 0 heterocycles. The molecule has 0 saturated carbocycles. The van der Waals surface area contributed by atoms with E-state index in [9.17, 15) is 8.78 Å². The van der Waals surface area contributed by atoms with Crippen molar-refractivity contribution in [3.8, 4) is 0 Å². The third-order valence-corrected chi connectivity index (χ3v) is 1.20. The van der Waals surface area contributed by atoms with Gasteiger partial charge in [0.25, 0.3) is 0 Å². The van der Waals surface area contributed by atoms with Gasteiger partial charge < -0.3 is 5.73 Å². The summed E-state index contributed by atoms with van der Waals surface area (Å²) < 4.78 is 24.9. The number of hydrogen-bond donors (Lipinski definition) is 1. The van der Waals surface area contributed by atoms with Crippen molar-refractivity contribution in [2.45, 2.75) is 27.7 Å². The van der Waals surface area contributed by atoms with Gasteiger partial charge in [-0.2, -0.15) is 8.78 Å². The summed E-state index contributed by atoms with van der Waals surface area (Å²) in [6.45, 7) is 6.28. The normalized spacial score (nSPS) is 16.0. The Morgan fingerprint density at radius 3 is 1.75 bits per heavy atom. The minimum atomic E-state index is -0.931. The van der Waals surface area contributed by atoms with Crippen LogP contribution < -0.4 is 5.73 Å². The maximum atomic E-state index is 12.6. The second-order valence-electron chi connectivity index (χ2n) is 3.56. The summed E-state index contributed by atoms with van der Waals surface area (Å²) in [5.41, 5.74) is 4.28. The molecule has 2 N–H and O–H groups in total. The fraction of sp³-hybridized carbons (Fsp3) is 0.625. The van der Waals surface area contributed by atoms with Gasteiger partial charge in [-0.05, 0) is 0 Å². The lowest BCUT2D eigenvalue weighted by molar-refractivity contribution is 0.460. The van der Waals surface area contributed by atoms with Gasteiger partial charge in [0, 0.05) is 12.3 Å². The van der Waals surface area contributed by atoms with Crippen LogP contribution in [0.5, 0.6) is 0 Å². The van der Waals surface area contributed by atoms with Crippen molar-refractivity contribution < 1.29 is 8.78 Å². The Labute approximate surface area is 71.2 Å². The molecule has 0 saturated heterocycles. The zero-order chi connectivity index (χ0) is 9.94. The van der Waals surface area contributed by atoms with E-state index in [0.29, 0.717) is 0 Å². The highest BCUT2D eigenvalue weighted by Gasteiger charge is 2.20. The van der Waals surface area contributed by atoms with E-state index < -0.39 is 17.3 Å². The Bertz CT molecular complexity index is 216. The summed E-state index contributed by atoms with van der Waals surface area (Å²) >= 11 is 0. The second kappa shape index (κ2) is 3.65. The minimum Gasteiger partial charge on any atom is -0.374 e. The molecular weight excluding hydrogens is 162 g/mol. The molecule has 0 spiro atoms. The number of nitrogens with zero attached hydrogens (tertiary/aromatic N) is 1. The van der Waals surface area contributed by atoms with Crippen molar-refractivity contribution in [3.05, 3.63) is 11.6 Å². The molecular formula is C8H14F2N2. The Morgan fingerprint density at radius 2 is 1.67 bits per heavy atom. The van der Waals surface area contributed by atoms with E-state index in [4.69, 9.17) is 5.73 Å². The number of hydrogen-bond acceptors (Lipinski definition) is 2. The first-order chi connectivity index (χ1) is 5.25.